The molecule has 1 rings (SSSR count). The highest BCUT2D eigenvalue weighted by Crippen LogP contribution is 2.25. The summed E-state index contributed by atoms with van der Waals surface area (Å²) in [6.07, 6.45) is 3.39. The number of halogens is 1. The SMILES string of the molecule is C=Cc1c(Cl)nc(C(=O)OCC)nc1SC. The molecular weight excluding hydrogens is 248 g/mol. The number of aromatic nitrogens is 2. The van der Waals surface area contributed by atoms with Gasteiger partial charge in [0.25, 0.3) is 0 Å². The van der Waals surface area contributed by atoms with Crippen molar-refractivity contribution in [2.45, 2.75) is 11.9 Å². The first-order chi connectivity index (χ1) is 7.63. The summed E-state index contributed by atoms with van der Waals surface area (Å²) in [5, 5.41) is 0.815. The Bertz CT molecular complexity index is 424. The molecule has 0 aliphatic carbocycles. The van der Waals surface area contributed by atoms with E-state index in [1.54, 1.807) is 13.0 Å². The molecule has 4 nitrogen and oxygen atoms in total. The Morgan fingerprint density at radius 2 is 2.31 bits per heavy atom. The van der Waals surface area contributed by atoms with Crippen LogP contribution in [0.5, 0.6) is 0 Å². The minimum atomic E-state index is -0.574. The number of rotatable bonds is 4. The lowest BCUT2D eigenvalue weighted by Gasteiger charge is -2.06. The van der Waals surface area contributed by atoms with Crippen LogP contribution in [0, 0.1) is 0 Å². The summed E-state index contributed by atoms with van der Waals surface area (Å²) in [6, 6.07) is 0. The lowest BCUT2D eigenvalue weighted by atomic mass is 10.3. The van der Waals surface area contributed by atoms with E-state index in [1.807, 2.05) is 6.26 Å². The van der Waals surface area contributed by atoms with Crippen LogP contribution in [-0.2, 0) is 4.74 Å². The van der Waals surface area contributed by atoms with E-state index < -0.39 is 5.97 Å². The van der Waals surface area contributed by atoms with Crippen LogP contribution in [-0.4, -0.2) is 28.8 Å². The van der Waals surface area contributed by atoms with Gasteiger partial charge in [0.1, 0.15) is 10.2 Å². The van der Waals surface area contributed by atoms with Crippen molar-refractivity contribution in [1.29, 1.82) is 0 Å². The van der Waals surface area contributed by atoms with Gasteiger partial charge in [-0.2, -0.15) is 0 Å². The third kappa shape index (κ3) is 2.74. The second-order valence-corrected chi connectivity index (χ2v) is 3.84. The third-order valence-corrected chi connectivity index (χ3v) is 2.71. The van der Waals surface area contributed by atoms with Gasteiger partial charge in [0.15, 0.2) is 0 Å². The zero-order chi connectivity index (χ0) is 12.1. The molecule has 0 radical (unpaired) electrons. The molecule has 1 aromatic rings. The van der Waals surface area contributed by atoms with Gasteiger partial charge < -0.3 is 4.74 Å². The second-order valence-electron chi connectivity index (χ2n) is 2.69. The first-order valence-electron chi connectivity index (χ1n) is 4.55. The predicted molar refractivity (Wildman–Crippen MR) is 64.9 cm³/mol. The van der Waals surface area contributed by atoms with Crippen molar-refractivity contribution in [2.75, 3.05) is 12.9 Å². The van der Waals surface area contributed by atoms with Crippen molar-refractivity contribution < 1.29 is 9.53 Å². The molecule has 0 saturated carbocycles. The summed E-state index contributed by atoms with van der Waals surface area (Å²) in [6.45, 7) is 5.61. The van der Waals surface area contributed by atoms with Gasteiger partial charge >= 0.3 is 5.97 Å². The monoisotopic (exact) mass is 258 g/mol. The molecule has 0 atom stereocenters. The molecule has 16 heavy (non-hydrogen) atoms. The third-order valence-electron chi connectivity index (χ3n) is 1.72. The van der Waals surface area contributed by atoms with Crippen LogP contribution in [0.15, 0.2) is 11.6 Å². The highest BCUT2D eigenvalue weighted by atomic mass is 35.5. The van der Waals surface area contributed by atoms with Gasteiger partial charge in [-0.3, -0.25) is 0 Å². The first-order valence-corrected chi connectivity index (χ1v) is 6.15. The molecule has 1 heterocycles. The smallest absolute Gasteiger partial charge is 0.376 e. The van der Waals surface area contributed by atoms with Crippen LogP contribution in [0.2, 0.25) is 5.15 Å². The van der Waals surface area contributed by atoms with E-state index in [0.29, 0.717) is 10.6 Å². The lowest BCUT2D eigenvalue weighted by molar-refractivity contribution is 0.0511. The number of nitrogens with zero attached hydrogens (tertiary/aromatic N) is 2. The van der Waals surface area contributed by atoms with Gasteiger partial charge in [-0.05, 0) is 13.2 Å². The standard InChI is InChI=1S/C10H11ClN2O2S/c1-4-6-7(11)12-8(10(14)15-5-2)13-9(6)16-3/h4H,1,5H2,2-3H3. The summed E-state index contributed by atoms with van der Waals surface area (Å²) >= 11 is 7.28. The Kier molecular flexibility index (Phi) is 4.76. The summed E-state index contributed by atoms with van der Waals surface area (Å²) in [7, 11) is 0. The number of carbonyl (C=O) groups excluding carboxylic acids is 1. The minimum absolute atomic E-state index is 0.0261. The highest BCUT2D eigenvalue weighted by molar-refractivity contribution is 7.98. The molecule has 0 amide bonds. The maximum atomic E-state index is 11.4. The van der Waals surface area contributed by atoms with E-state index in [9.17, 15) is 4.79 Å². The number of hydrogen-bond acceptors (Lipinski definition) is 5. The molecule has 1 aromatic heterocycles. The van der Waals surface area contributed by atoms with Crippen molar-refractivity contribution in [3.8, 4) is 0 Å². The van der Waals surface area contributed by atoms with Crippen LogP contribution in [0.4, 0.5) is 0 Å². The van der Waals surface area contributed by atoms with Crippen LogP contribution >= 0.6 is 23.4 Å². The summed E-state index contributed by atoms with van der Waals surface area (Å²) in [5.41, 5.74) is 0.627. The molecular formula is C10H11ClN2O2S. The number of esters is 1. The van der Waals surface area contributed by atoms with Crippen LogP contribution in [0.3, 0.4) is 0 Å². The Morgan fingerprint density at radius 3 is 2.81 bits per heavy atom. The van der Waals surface area contributed by atoms with E-state index in [2.05, 4.69) is 16.5 Å². The Hall–Kier alpha value is -1.07. The Labute approximate surface area is 103 Å². The van der Waals surface area contributed by atoms with E-state index in [1.165, 1.54) is 11.8 Å². The quantitative estimate of drug-likeness (QED) is 0.472. The molecule has 0 aromatic carbocycles. The largest absolute Gasteiger partial charge is 0.460 e. The predicted octanol–water partition coefficient (Wildman–Crippen LogP) is 2.67. The number of ether oxygens (including phenoxy) is 1. The lowest BCUT2D eigenvalue weighted by Crippen LogP contribution is -2.11. The average Bonchev–Trinajstić information content (AvgIpc) is 2.28. The van der Waals surface area contributed by atoms with Crippen molar-refractivity contribution in [1.82, 2.24) is 9.97 Å². The number of carbonyl (C=O) groups is 1. The highest BCUT2D eigenvalue weighted by Gasteiger charge is 2.16. The molecule has 86 valence electrons. The van der Waals surface area contributed by atoms with E-state index in [-0.39, 0.29) is 17.6 Å². The molecule has 0 unspecified atom stereocenters. The fraction of sp³-hybridized carbons (Fsp3) is 0.300. The Balaban J connectivity index is 3.20. The normalized spacial score (nSPS) is 9.94. The van der Waals surface area contributed by atoms with E-state index in [0.717, 1.165) is 0 Å². The summed E-state index contributed by atoms with van der Waals surface area (Å²) in [5.74, 6) is -0.600. The van der Waals surface area contributed by atoms with E-state index in [4.69, 9.17) is 16.3 Å². The zero-order valence-electron chi connectivity index (χ0n) is 8.99. The summed E-state index contributed by atoms with van der Waals surface area (Å²) in [4.78, 5) is 19.4. The van der Waals surface area contributed by atoms with Crippen LogP contribution in [0.1, 0.15) is 23.1 Å². The van der Waals surface area contributed by atoms with Gasteiger partial charge in [-0.15, -0.1) is 11.8 Å². The number of hydrogen-bond donors (Lipinski definition) is 0. The minimum Gasteiger partial charge on any atom is -0.460 e. The van der Waals surface area contributed by atoms with Gasteiger partial charge in [-0.1, -0.05) is 24.3 Å². The van der Waals surface area contributed by atoms with E-state index >= 15 is 0 Å². The molecule has 0 spiro atoms. The second kappa shape index (κ2) is 5.86. The van der Waals surface area contributed by atoms with Crippen LogP contribution < -0.4 is 0 Å². The van der Waals surface area contributed by atoms with Crippen molar-refractivity contribution in [3.63, 3.8) is 0 Å². The summed E-state index contributed by atoms with van der Waals surface area (Å²) < 4.78 is 4.80. The maximum Gasteiger partial charge on any atom is 0.376 e. The molecule has 0 aliphatic rings. The number of thioether (sulfide) groups is 1. The average molecular weight is 259 g/mol. The van der Waals surface area contributed by atoms with Crippen LogP contribution in [0.25, 0.3) is 6.08 Å². The van der Waals surface area contributed by atoms with Crippen molar-refractivity contribution >= 4 is 35.4 Å². The van der Waals surface area contributed by atoms with Gasteiger partial charge in [-0.25, -0.2) is 14.8 Å². The van der Waals surface area contributed by atoms with Crippen molar-refractivity contribution in [2.24, 2.45) is 0 Å². The van der Waals surface area contributed by atoms with Crippen molar-refractivity contribution in [3.05, 3.63) is 23.1 Å². The topological polar surface area (TPSA) is 52.1 Å². The molecule has 0 bridgehead atoms. The Morgan fingerprint density at radius 1 is 1.62 bits per heavy atom. The first kappa shape index (κ1) is 13.0. The molecule has 0 aliphatic heterocycles. The zero-order valence-corrected chi connectivity index (χ0v) is 10.6. The van der Waals surface area contributed by atoms with Gasteiger partial charge in [0, 0.05) is 5.56 Å². The molecule has 0 N–H and O–H groups in total. The fourth-order valence-corrected chi connectivity index (χ4v) is 1.92. The van der Waals surface area contributed by atoms with Gasteiger partial charge in [0.05, 0.1) is 6.61 Å². The molecule has 0 fully saturated rings. The molecule has 0 saturated heterocycles. The van der Waals surface area contributed by atoms with Gasteiger partial charge in [0.2, 0.25) is 5.82 Å². The maximum absolute atomic E-state index is 11.4. The molecule has 6 heteroatoms. The fourth-order valence-electron chi connectivity index (χ4n) is 1.04.